The lowest BCUT2D eigenvalue weighted by atomic mass is 9.97. The molecule has 0 rings (SSSR count). The topological polar surface area (TPSA) is 17.1 Å². The van der Waals surface area contributed by atoms with Crippen molar-refractivity contribution in [2.45, 2.75) is 34.6 Å². The Morgan fingerprint density at radius 1 is 1.25 bits per heavy atom. The molecule has 0 heterocycles. The van der Waals surface area contributed by atoms with Gasteiger partial charge < -0.3 is 0 Å². The largest absolute Gasteiger partial charge is 0.290 e. The molecule has 0 aromatic rings. The van der Waals surface area contributed by atoms with Gasteiger partial charge >= 0.3 is 0 Å². The van der Waals surface area contributed by atoms with Gasteiger partial charge in [0.2, 0.25) is 0 Å². The van der Waals surface area contributed by atoms with E-state index in [1.54, 1.807) is 12.2 Å². The normalized spacial score (nSPS) is 13.8. The molecule has 0 saturated heterocycles. The molecule has 0 aliphatic rings. The summed E-state index contributed by atoms with van der Waals surface area (Å²) < 4.78 is 0. The third kappa shape index (κ3) is 3.04. The molecule has 0 amide bonds. The minimum absolute atomic E-state index is 0.128. The van der Waals surface area contributed by atoms with Crippen LogP contribution in [0.5, 0.6) is 0 Å². The average molecular weight is 166 g/mol. The van der Waals surface area contributed by atoms with Crippen LogP contribution in [0.4, 0.5) is 0 Å². The predicted octanol–water partition coefficient (Wildman–Crippen LogP) is 3.12. The Morgan fingerprint density at radius 3 is 2.08 bits per heavy atom. The van der Waals surface area contributed by atoms with Crippen LogP contribution in [0.3, 0.4) is 0 Å². The fourth-order valence-electron chi connectivity index (χ4n) is 0.904. The smallest absolute Gasteiger partial charge is 0.181 e. The van der Waals surface area contributed by atoms with Crippen LogP contribution in [-0.2, 0) is 4.79 Å². The van der Waals surface area contributed by atoms with Crippen LogP contribution in [0.2, 0.25) is 0 Å². The van der Waals surface area contributed by atoms with Crippen molar-refractivity contribution in [3.63, 3.8) is 0 Å². The van der Waals surface area contributed by atoms with Gasteiger partial charge in [0.1, 0.15) is 0 Å². The zero-order valence-corrected chi connectivity index (χ0v) is 8.64. The highest BCUT2D eigenvalue weighted by Crippen LogP contribution is 2.14. The van der Waals surface area contributed by atoms with Gasteiger partial charge in [-0.05, 0) is 38.3 Å². The molecule has 0 unspecified atom stereocenters. The van der Waals surface area contributed by atoms with E-state index < -0.39 is 0 Å². The summed E-state index contributed by atoms with van der Waals surface area (Å²) in [4.78, 5) is 11.3. The van der Waals surface area contributed by atoms with Gasteiger partial charge in [0, 0.05) is 0 Å². The van der Waals surface area contributed by atoms with Crippen LogP contribution in [0.15, 0.2) is 23.3 Å². The maximum atomic E-state index is 11.3. The highest BCUT2D eigenvalue weighted by molar-refractivity contribution is 6.03. The molecule has 1 heteroatoms. The van der Waals surface area contributed by atoms with E-state index in [2.05, 4.69) is 13.8 Å². The Kier molecular flexibility index (Phi) is 4.57. The van der Waals surface area contributed by atoms with Crippen molar-refractivity contribution in [2.24, 2.45) is 5.92 Å². The molecule has 0 fully saturated rings. The summed E-state index contributed by atoms with van der Waals surface area (Å²) >= 11 is 0. The standard InChI is InChI=1S/C11H18O/c1-6-7-11(12)10(5)9(4)8(2)3/h6-8H,1-5H3/b7-6+,10-9?. The fraction of sp³-hybridized carbons (Fsp3) is 0.545. The van der Waals surface area contributed by atoms with Gasteiger partial charge in [0.15, 0.2) is 5.78 Å². The van der Waals surface area contributed by atoms with Crippen LogP contribution < -0.4 is 0 Å². The van der Waals surface area contributed by atoms with Crippen LogP contribution in [0.25, 0.3) is 0 Å². The lowest BCUT2D eigenvalue weighted by molar-refractivity contribution is -0.111. The lowest BCUT2D eigenvalue weighted by Gasteiger charge is -2.08. The van der Waals surface area contributed by atoms with Crippen molar-refractivity contribution in [1.82, 2.24) is 0 Å². The van der Waals surface area contributed by atoms with Crippen molar-refractivity contribution < 1.29 is 4.79 Å². The molecular formula is C11H18O. The van der Waals surface area contributed by atoms with E-state index in [1.807, 2.05) is 20.8 Å². The first-order valence-corrected chi connectivity index (χ1v) is 4.35. The van der Waals surface area contributed by atoms with Gasteiger partial charge in [-0.25, -0.2) is 0 Å². The van der Waals surface area contributed by atoms with E-state index in [1.165, 1.54) is 5.57 Å². The van der Waals surface area contributed by atoms with E-state index in [-0.39, 0.29) is 5.78 Å². The van der Waals surface area contributed by atoms with Crippen molar-refractivity contribution in [3.8, 4) is 0 Å². The van der Waals surface area contributed by atoms with Crippen LogP contribution in [-0.4, -0.2) is 5.78 Å². The molecule has 0 spiro atoms. The molecular weight excluding hydrogens is 148 g/mol. The molecule has 0 saturated carbocycles. The Bertz CT molecular complexity index is 219. The highest BCUT2D eigenvalue weighted by Gasteiger charge is 2.06. The van der Waals surface area contributed by atoms with Crippen molar-refractivity contribution in [3.05, 3.63) is 23.3 Å². The van der Waals surface area contributed by atoms with E-state index in [4.69, 9.17) is 0 Å². The molecule has 0 atom stereocenters. The number of allylic oxidation sites excluding steroid dienone is 4. The summed E-state index contributed by atoms with van der Waals surface area (Å²) in [5.41, 5.74) is 2.06. The number of hydrogen-bond acceptors (Lipinski definition) is 1. The molecule has 1 nitrogen and oxygen atoms in total. The Balaban J connectivity index is 4.66. The number of rotatable bonds is 3. The van der Waals surface area contributed by atoms with Gasteiger partial charge in [0.05, 0.1) is 0 Å². The minimum Gasteiger partial charge on any atom is -0.290 e. The summed E-state index contributed by atoms with van der Waals surface area (Å²) in [6.45, 7) is 9.96. The molecule has 0 aromatic carbocycles. The van der Waals surface area contributed by atoms with Gasteiger partial charge in [-0.15, -0.1) is 0 Å². The zero-order valence-electron chi connectivity index (χ0n) is 8.64. The van der Waals surface area contributed by atoms with Crippen molar-refractivity contribution in [1.29, 1.82) is 0 Å². The second-order valence-corrected chi connectivity index (χ2v) is 3.33. The number of carbonyl (C=O) groups excluding carboxylic acids is 1. The highest BCUT2D eigenvalue weighted by atomic mass is 16.1. The monoisotopic (exact) mass is 166 g/mol. The quantitative estimate of drug-likeness (QED) is 0.589. The lowest BCUT2D eigenvalue weighted by Crippen LogP contribution is -2.01. The molecule has 0 aliphatic carbocycles. The summed E-state index contributed by atoms with van der Waals surface area (Å²) in [6.07, 6.45) is 3.39. The van der Waals surface area contributed by atoms with Gasteiger partial charge in [-0.2, -0.15) is 0 Å². The first kappa shape index (κ1) is 11.2. The molecule has 0 aliphatic heterocycles. The maximum Gasteiger partial charge on any atom is 0.181 e. The first-order valence-electron chi connectivity index (χ1n) is 4.35. The van der Waals surface area contributed by atoms with Crippen LogP contribution >= 0.6 is 0 Å². The molecule has 0 radical (unpaired) electrons. The number of hydrogen-bond donors (Lipinski definition) is 0. The molecule has 0 aromatic heterocycles. The van der Waals surface area contributed by atoms with E-state index in [0.29, 0.717) is 5.92 Å². The van der Waals surface area contributed by atoms with E-state index >= 15 is 0 Å². The fourth-order valence-corrected chi connectivity index (χ4v) is 0.904. The maximum absolute atomic E-state index is 11.3. The van der Waals surface area contributed by atoms with Crippen molar-refractivity contribution >= 4 is 5.78 Å². The summed E-state index contributed by atoms with van der Waals surface area (Å²) in [5, 5.41) is 0. The second kappa shape index (κ2) is 4.91. The van der Waals surface area contributed by atoms with Gasteiger partial charge in [0.25, 0.3) is 0 Å². The van der Waals surface area contributed by atoms with Gasteiger partial charge in [-0.1, -0.05) is 25.5 Å². The second-order valence-electron chi connectivity index (χ2n) is 3.33. The van der Waals surface area contributed by atoms with Crippen LogP contribution in [0, 0.1) is 5.92 Å². The van der Waals surface area contributed by atoms with E-state index in [0.717, 1.165) is 5.57 Å². The first-order chi connectivity index (χ1) is 5.50. The zero-order chi connectivity index (χ0) is 9.72. The third-order valence-corrected chi connectivity index (χ3v) is 2.15. The number of carbonyl (C=O) groups is 1. The summed E-state index contributed by atoms with van der Waals surface area (Å²) in [7, 11) is 0. The minimum atomic E-state index is 0.128. The van der Waals surface area contributed by atoms with Crippen molar-refractivity contribution in [2.75, 3.05) is 0 Å². The average Bonchev–Trinajstić information content (AvgIpc) is 2.02. The molecule has 68 valence electrons. The molecule has 0 bridgehead atoms. The third-order valence-electron chi connectivity index (χ3n) is 2.15. The van der Waals surface area contributed by atoms with E-state index in [9.17, 15) is 4.79 Å². The predicted molar refractivity (Wildman–Crippen MR) is 53.0 cm³/mol. The van der Waals surface area contributed by atoms with Gasteiger partial charge in [-0.3, -0.25) is 4.79 Å². The summed E-state index contributed by atoms with van der Waals surface area (Å²) in [5.74, 6) is 0.586. The SMILES string of the molecule is C/C=C/C(=O)C(C)=C(C)C(C)C. The Labute approximate surface area is 75.2 Å². The Morgan fingerprint density at radius 2 is 1.75 bits per heavy atom. The number of ketones is 1. The Hall–Kier alpha value is -0.850. The van der Waals surface area contributed by atoms with Crippen LogP contribution in [0.1, 0.15) is 34.6 Å². The summed E-state index contributed by atoms with van der Waals surface area (Å²) in [6, 6.07) is 0. The molecule has 12 heavy (non-hydrogen) atoms. The molecule has 0 N–H and O–H groups in total.